The summed E-state index contributed by atoms with van der Waals surface area (Å²) in [5, 5.41) is 12.7. The minimum atomic E-state index is -0.294. The lowest BCUT2D eigenvalue weighted by atomic mass is 9.89. The SMILES string of the molecule is Cc1cn[nH]c1NC(=O)C1(C)CCNC1. The first kappa shape index (κ1) is 10.2. The molecule has 1 aliphatic heterocycles. The second-order valence-corrected chi connectivity index (χ2v) is 4.37. The van der Waals surface area contributed by atoms with E-state index in [2.05, 4.69) is 20.8 Å². The first-order chi connectivity index (χ1) is 7.12. The Hall–Kier alpha value is -1.36. The Morgan fingerprint density at radius 1 is 1.67 bits per heavy atom. The van der Waals surface area contributed by atoms with Crippen molar-refractivity contribution < 1.29 is 4.79 Å². The molecule has 1 fully saturated rings. The molecule has 2 heterocycles. The van der Waals surface area contributed by atoms with Gasteiger partial charge in [0.1, 0.15) is 5.82 Å². The lowest BCUT2D eigenvalue weighted by Crippen LogP contribution is -2.35. The maximum Gasteiger partial charge on any atom is 0.232 e. The van der Waals surface area contributed by atoms with E-state index in [4.69, 9.17) is 0 Å². The fourth-order valence-corrected chi connectivity index (χ4v) is 1.75. The van der Waals surface area contributed by atoms with E-state index in [0.29, 0.717) is 5.82 Å². The normalized spacial score (nSPS) is 25.5. The molecular weight excluding hydrogens is 192 g/mol. The Morgan fingerprint density at radius 2 is 2.47 bits per heavy atom. The molecule has 2 rings (SSSR count). The highest BCUT2D eigenvalue weighted by Gasteiger charge is 2.36. The van der Waals surface area contributed by atoms with E-state index in [-0.39, 0.29) is 11.3 Å². The Bertz CT molecular complexity index is 365. The maximum atomic E-state index is 12.0. The molecule has 1 aromatic heterocycles. The van der Waals surface area contributed by atoms with Gasteiger partial charge in [-0.25, -0.2) is 0 Å². The highest BCUT2D eigenvalue weighted by molar-refractivity contribution is 5.95. The number of hydrogen-bond acceptors (Lipinski definition) is 3. The van der Waals surface area contributed by atoms with Gasteiger partial charge in [-0.1, -0.05) is 0 Å². The second kappa shape index (κ2) is 3.66. The third-order valence-corrected chi connectivity index (χ3v) is 2.98. The third kappa shape index (κ3) is 1.87. The van der Waals surface area contributed by atoms with Crippen molar-refractivity contribution in [3.63, 3.8) is 0 Å². The number of aromatic amines is 1. The van der Waals surface area contributed by atoms with Crippen molar-refractivity contribution in [1.82, 2.24) is 15.5 Å². The molecule has 5 nitrogen and oxygen atoms in total. The molecule has 0 aromatic carbocycles. The Morgan fingerprint density at radius 3 is 3.00 bits per heavy atom. The van der Waals surface area contributed by atoms with Crippen LogP contribution in [0.1, 0.15) is 18.9 Å². The summed E-state index contributed by atoms with van der Waals surface area (Å²) in [7, 11) is 0. The van der Waals surface area contributed by atoms with Crippen LogP contribution in [0, 0.1) is 12.3 Å². The van der Waals surface area contributed by atoms with Gasteiger partial charge in [-0.15, -0.1) is 0 Å². The molecule has 1 saturated heterocycles. The van der Waals surface area contributed by atoms with Crippen LogP contribution in [0.4, 0.5) is 5.82 Å². The van der Waals surface area contributed by atoms with Gasteiger partial charge in [0.25, 0.3) is 0 Å². The summed E-state index contributed by atoms with van der Waals surface area (Å²) in [5.41, 5.74) is 0.662. The molecule has 0 bridgehead atoms. The standard InChI is InChI=1S/C10H16N4O/c1-7-5-12-14-8(7)13-9(15)10(2)3-4-11-6-10/h5,11H,3-4,6H2,1-2H3,(H2,12,13,14,15). The molecular formula is C10H16N4O. The average Bonchev–Trinajstić information content (AvgIpc) is 2.78. The molecule has 0 aliphatic carbocycles. The first-order valence-corrected chi connectivity index (χ1v) is 5.14. The minimum absolute atomic E-state index is 0.0554. The van der Waals surface area contributed by atoms with Gasteiger partial charge in [0.05, 0.1) is 11.6 Å². The van der Waals surface area contributed by atoms with Crippen LogP contribution in [0.15, 0.2) is 6.20 Å². The molecule has 1 amide bonds. The zero-order valence-electron chi connectivity index (χ0n) is 9.05. The van der Waals surface area contributed by atoms with E-state index >= 15 is 0 Å². The summed E-state index contributed by atoms with van der Waals surface area (Å²) >= 11 is 0. The number of carbonyl (C=O) groups excluding carboxylic acids is 1. The predicted molar refractivity (Wildman–Crippen MR) is 57.5 cm³/mol. The van der Waals surface area contributed by atoms with E-state index in [0.717, 1.165) is 25.1 Å². The van der Waals surface area contributed by atoms with Crippen LogP contribution in [-0.2, 0) is 4.79 Å². The van der Waals surface area contributed by atoms with Crippen LogP contribution < -0.4 is 10.6 Å². The van der Waals surface area contributed by atoms with Crippen molar-refractivity contribution in [2.24, 2.45) is 5.41 Å². The molecule has 5 heteroatoms. The van der Waals surface area contributed by atoms with Gasteiger partial charge >= 0.3 is 0 Å². The van der Waals surface area contributed by atoms with Crippen LogP contribution >= 0.6 is 0 Å². The zero-order chi connectivity index (χ0) is 10.9. The lowest BCUT2D eigenvalue weighted by molar-refractivity contribution is -0.123. The number of nitrogens with zero attached hydrogens (tertiary/aromatic N) is 1. The molecule has 1 aromatic rings. The lowest BCUT2D eigenvalue weighted by Gasteiger charge is -2.20. The molecule has 0 radical (unpaired) electrons. The van der Waals surface area contributed by atoms with E-state index in [1.807, 2.05) is 13.8 Å². The molecule has 0 spiro atoms. The fraction of sp³-hybridized carbons (Fsp3) is 0.600. The number of carbonyl (C=O) groups is 1. The summed E-state index contributed by atoms with van der Waals surface area (Å²) < 4.78 is 0. The minimum Gasteiger partial charge on any atom is -0.316 e. The highest BCUT2D eigenvalue weighted by Crippen LogP contribution is 2.26. The molecule has 0 saturated carbocycles. The number of H-pyrrole nitrogens is 1. The summed E-state index contributed by atoms with van der Waals surface area (Å²) in [6.45, 7) is 5.54. The van der Waals surface area contributed by atoms with Crippen LogP contribution in [0.5, 0.6) is 0 Å². The number of aromatic nitrogens is 2. The van der Waals surface area contributed by atoms with E-state index in [1.165, 1.54) is 0 Å². The molecule has 3 N–H and O–H groups in total. The Kier molecular flexibility index (Phi) is 2.48. The number of amides is 1. The zero-order valence-corrected chi connectivity index (χ0v) is 9.05. The van der Waals surface area contributed by atoms with Gasteiger partial charge in [-0.2, -0.15) is 5.10 Å². The summed E-state index contributed by atoms with van der Waals surface area (Å²) in [6, 6.07) is 0. The number of anilines is 1. The van der Waals surface area contributed by atoms with Gasteiger partial charge in [0.2, 0.25) is 5.91 Å². The van der Waals surface area contributed by atoms with Gasteiger partial charge in [-0.05, 0) is 26.8 Å². The predicted octanol–water partition coefficient (Wildman–Crippen LogP) is 0.656. The van der Waals surface area contributed by atoms with Gasteiger partial charge in [-0.3, -0.25) is 9.89 Å². The molecule has 82 valence electrons. The van der Waals surface area contributed by atoms with E-state index < -0.39 is 0 Å². The quantitative estimate of drug-likeness (QED) is 0.668. The summed E-state index contributed by atoms with van der Waals surface area (Å²) in [6.07, 6.45) is 2.58. The Labute approximate surface area is 88.6 Å². The van der Waals surface area contributed by atoms with Crippen LogP contribution in [0.2, 0.25) is 0 Å². The molecule has 1 atom stereocenters. The van der Waals surface area contributed by atoms with Crippen molar-refractivity contribution in [2.45, 2.75) is 20.3 Å². The molecule has 1 unspecified atom stereocenters. The van der Waals surface area contributed by atoms with Gasteiger partial charge < -0.3 is 10.6 Å². The van der Waals surface area contributed by atoms with Crippen molar-refractivity contribution in [2.75, 3.05) is 18.4 Å². The van der Waals surface area contributed by atoms with Crippen molar-refractivity contribution in [3.05, 3.63) is 11.8 Å². The van der Waals surface area contributed by atoms with Crippen LogP contribution in [0.3, 0.4) is 0 Å². The summed E-state index contributed by atoms with van der Waals surface area (Å²) in [5.74, 6) is 0.757. The largest absolute Gasteiger partial charge is 0.316 e. The second-order valence-electron chi connectivity index (χ2n) is 4.37. The van der Waals surface area contributed by atoms with E-state index in [9.17, 15) is 4.79 Å². The number of rotatable bonds is 2. The Balaban J connectivity index is 2.07. The third-order valence-electron chi connectivity index (χ3n) is 2.98. The van der Waals surface area contributed by atoms with Crippen molar-refractivity contribution >= 4 is 11.7 Å². The van der Waals surface area contributed by atoms with Crippen molar-refractivity contribution in [1.29, 1.82) is 0 Å². The van der Waals surface area contributed by atoms with E-state index in [1.54, 1.807) is 6.20 Å². The number of hydrogen-bond donors (Lipinski definition) is 3. The monoisotopic (exact) mass is 208 g/mol. The topological polar surface area (TPSA) is 69.8 Å². The number of aryl methyl sites for hydroxylation is 1. The van der Waals surface area contributed by atoms with Gasteiger partial charge in [0, 0.05) is 12.1 Å². The van der Waals surface area contributed by atoms with Crippen molar-refractivity contribution in [3.8, 4) is 0 Å². The maximum absolute atomic E-state index is 12.0. The van der Waals surface area contributed by atoms with Gasteiger partial charge in [0.15, 0.2) is 0 Å². The number of nitrogens with one attached hydrogen (secondary N) is 3. The summed E-state index contributed by atoms with van der Waals surface area (Å²) in [4.78, 5) is 12.0. The molecule has 1 aliphatic rings. The van der Waals surface area contributed by atoms with Crippen LogP contribution in [-0.4, -0.2) is 29.2 Å². The smallest absolute Gasteiger partial charge is 0.232 e. The molecule has 15 heavy (non-hydrogen) atoms. The highest BCUT2D eigenvalue weighted by atomic mass is 16.2. The average molecular weight is 208 g/mol. The van der Waals surface area contributed by atoms with Crippen LogP contribution in [0.25, 0.3) is 0 Å². The fourth-order valence-electron chi connectivity index (χ4n) is 1.75. The first-order valence-electron chi connectivity index (χ1n) is 5.14.